The van der Waals surface area contributed by atoms with Gasteiger partial charge in [-0.15, -0.1) is 0 Å². The molecule has 42 heavy (non-hydrogen) atoms. The minimum absolute atomic E-state index is 0. The van der Waals surface area contributed by atoms with E-state index in [2.05, 4.69) is 10.2 Å². The number of carbonyl (C=O) groups excluding carboxylic acids is 1. The minimum atomic E-state index is -4.61. The van der Waals surface area contributed by atoms with E-state index in [0.717, 1.165) is 34.0 Å². The second-order valence-corrected chi connectivity index (χ2v) is 11.0. The second kappa shape index (κ2) is 16.9. The summed E-state index contributed by atoms with van der Waals surface area (Å²) in [4.78, 5) is 12.0. The molecule has 0 saturated heterocycles. The van der Waals surface area contributed by atoms with Crippen LogP contribution in [0.3, 0.4) is 0 Å². The van der Waals surface area contributed by atoms with Gasteiger partial charge in [0.2, 0.25) is 0 Å². The van der Waals surface area contributed by atoms with Crippen molar-refractivity contribution in [2.45, 2.75) is 23.6 Å². The average Bonchev–Trinajstić information content (AvgIpc) is 3.32. The Morgan fingerprint density at radius 2 is 1.26 bits per heavy atom. The van der Waals surface area contributed by atoms with Gasteiger partial charge in [0, 0.05) is 5.56 Å². The first-order valence-corrected chi connectivity index (χ1v) is 13.9. The number of benzene rings is 2. The molecule has 0 N–H and O–H groups in total. The van der Waals surface area contributed by atoms with Crippen molar-refractivity contribution in [1.82, 2.24) is 9.78 Å². The molecule has 0 unspecified atom stereocenters. The summed E-state index contributed by atoms with van der Waals surface area (Å²) < 4.78 is 67.7. The van der Waals surface area contributed by atoms with Gasteiger partial charge in [-0.3, -0.25) is 4.79 Å². The molecule has 4 rings (SSSR count). The standard InChI is InChI=1S/C25H22N4O8S2.3K/c1-16-22(24(30)28(26-16)18-8-12-20(13-9-18)38(32,33)34)6-4-3-5-7-23-17(2)27-29(25(23)31)19-10-14-21(15-11-19)39(35,36)37;;;/h3-15,30H,1-2H3,(H,32,33,34)(H,35,36,37);;;/q;3*+1/p-3. The molecule has 0 spiro atoms. The molecular formula is C25H19K3N4O8S2. The molecule has 0 bridgehead atoms. The van der Waals surface area contributed by atoms with E-state index in [4.69, 9.17) is 0 Å². The van der Waals surface area contributed by atoms with E-state index >= 15 is 0 Å². The first kappa shape index (κ1) is 40.6. The zero-order chi connectivity index (χ0) is 28.5. The van der Waals surface area contributed by atoms with E-state index in [9.17, 15) is 35.8 Å². The second-order valence-electron chi connectivity index (χ2n) is 8.24. The summed E-state index contributed by atoms with van der Waals surface area (Å²) in [5, 5.41) is 22.2. The molecule has 1 aliphatic heterocycles. The number of carbonyl (C=O) groups is 1. The molecule has 2 aromatic carbocycles. The van der Waals surface area contributed by atoms with Crippen LogP contribution < -0.4 is 164 Å². The molecule has 202 valence electrons. The number of nitrogens with zero attached hydrogens (tertiary/aromatic N) is 4. The molecule has 1 aromatic heterocycles. The molecule has 1 amide bonds. The Balaban J connectivity index is 0.00000294. The molecule has 0 atom stereocenters. The van der Waals surface area contributed by atoms with Crippen molar-refractivity contribution < 1.29 is 190 Å². The van der Waals surface area contributed by atoms with Gasteiger partial charge in [-0.1, -0.05) is 24.3 Å². The summed E-state index contributed by atoms with van der Waals surface area (Å²) in [6, 6.07) is 9.64. The van der Waals surface area contributed by atoms with Crippen LogP contribution in [0.1, 0.15) is 18.2 Å². The molecule has 0 saturated carbocycles. The number of rotatable bonds is 7. The Morgan fingerprint density at radius 1 is 0.762 bits per heavy atom. The maximum Gasteiger partial charge on any atom is 1.00 e. The summed E-state index contributed by atoms with van der Waals surface area (Å²) in [7, 11) is -9.22. The number of allylic oxidation sites excluding steroid dienone is 4. The molecular weight excluding hydrogens is 666 g/mol. The van der Waals surface area contributed by atoms with Crippen molar-refractivity contribution in [3.05, 3.63) is 89.7 Å². The fraction of sp³-hybridized carbons (Fsp3) is 0.0800. The van der Waals surface area contributed by atoms with E-state index in [1.165, 1.54) is 36.4 Å². The predicted octanol–water partition coefficient (Wildman–Crippen LogP) is -7.01. The van der Waals surface area contributed by atoms with Crippen LogP contribution in [0.4, 0.5) is 5.69 Å². The van der Waals surface area contributed by atoms with Gasteiger partial charge in [-0.05, 0) is 74.3 Å². The quantitative estimate of drug-likeness (QED) is 0.101. The fourth-order valence-corrected chi connectivity index (χ4v) is 4.58. The zero-order valence-electron chi connectivity index (χ0n) is 23.4. The van der Waals surface area contributed by atoms with Gasteiger partial charge < -0.3 is 14.2 Å². The molecule has 0 aliphatic carbocycles. The molecule has 2 heterocycles. The van der Waals surface area contributed by atoms with Gasteiger partial charge in [0.05, 0.1) is 38.1 Å². The Kier molecular flexibility index (Phi) is 16.3. The minimum Gasteiger partial charge on any atom is -0.858 e. The Labute approximate surface area is 370 Å². The number of aromatic nitrogens is 2. The molecule has 1 aliphatic rings. The zero-order valence-corrected chi connectivity index (χ0v) is 34.4. The van der Waals surface area contributed by atoms with Crippen LogP contribution in [-0.4, -0.2) is 47.3 Å². The van der Waals surface area contributed by atoms with Gasteiger partial charge in [0.25, 0.3) is 5.91 Å². The summed E-state index contributed by atoms with van der Waals surface area (Å²) >= 11 is 0. The SMILES string of the molecule is CC1=NN(c2ccc(S(=O)(=O)[O-])cc2)C(=O)C1=CC=CC=Cc1c(C)nn(-c2ccc(S(=O)(=O)[O-])cc2)c1[O-].[K+].[K+].[K+]. The summed E-state index contributed by atoms with van der Waals surface area (Å²) in [5.74, 6) is -0.901. The van der Waals surface area contributed by atoms with Crippen LogP contribution in [0.15, 0.2) is 93.3 Å². The van der Waals surface area contributed by atoms with E-state index < -0.39 is 41.8 Å². The molecule has 0 fully saturated rings. The van der Waals surface area contributed by atoms with Gasteiger partial charge in [-0.2, -0.15) is 15.2 Å². The first-order valence-electron chi connectivity index (χ1n) is 11.1. The van der Waals surface area contributed by atoms with E-state index in [-0.39, 0.29) is 165 Å². The van der Waals surface area contributed by atoms with Gasteiger partial charge in [-0.25, -0.2) is 21.5 Å². The number of amides is 1. The van der Waals surface area contributed by atoms with E-state index in [1.54, 1.807) is 32.1 Å². The Hall–Kier alpha value is 0.539. The van der Waals surface area contributed by atoms with Crippen LogP contribution >= 0.6 is 0 Å². The monoisotopic (exact) mass is 684 g/mol. The van der Waals surface area contributed by atoms with Crippen LogP contribution in [0.25, 0.3) is 11.8 Å². The van der Waals surface area contributed by atoms with Crippen molar-refractivity contribution in [2.24, 2.45) is 5.10 Å². The fourth-order valence-electron chi connectivity index (χ4n) is 3.65. The maximum absolute atomic E-state index is 12.8. The smallest absolute Gasteiger partial charge is 0.858 e. The van der Waals surface area contributed by atoms with Crippen LogP contribution in [0.5, 0.6) is 5.88 Å². The van der Waals surface area contributed by atoms with Crippen LogP contribution in [0.2, 0.25) is 0 Å². The van der Waals surface area contributed by atoms with Gasteiger partial charge >= 0.3 is 154 Å². The van der Waals surface area contributed by atoms with Crippen LogP contribution in [0, 0.1) is 6.92 Å². The summed E-state index contributed by atoms with van der Waals surface area (Å²) in [6.45, 7) is 3.26. The van der Waals surface area contributed by atoms with Crippen molar-refractivity contribution in [3.8, 4) is 11.6 Å². The topological polar surface area (TPSA) is 188 Å². The van der Waals surface area contributed by atoms with Gasteiger partial charge in [0.15, 0.2) is 0 Å². The third-order valence-corrected chi connectivity index (χ3v) is 7.31. The molecule has 3 aromatic rings. The molecule has 17 heteroatoms. The predicted molar refractivity (Wildman–Crippen MR) is 137 cm³/mol. The van der Waals surface area contributed by atoms with Crippen LogP contribution in [-0.2, 0) is 25.0 Å². The molecule has 0 radical (unpaired) electrons. The van der Waals surface area contributed by atoms with Gasteiger partial charge in [0.1, 0.15) is 20.2 Å². The van der Waals surface area contributed by atoms with Crippen molar-refractivity contribution >= 4 is 43.6 Å². The van der Waals surface area contributed by atoms with E-state index in [1.807, 2.05) is 0 Å². The van der Waals surface area contributed by atoms with Crippen molar-refractivity contribution in [3.63, 3.8) is 0 Å². The van der Waals surface area contributed by atoms with Crippen molar-refractivity contribution in [2.75, 3.05) is 5.01 Å². The molecule has 12 nitrogen and oxygen atoms in total. The number of hydrogen-bond acceptors (Lipinski definition) is 10. The third-order valence-electron chi connectivity index (χ3n) is 5.61. The van der Waals surface area contributed by atoms with E-state index in [0.29, 0.717) is 22.8 Å². The number of hydrazone groups is 1. The number of anilines is 1. The summed E-state index contributed by atoms with van der Waals surface area (Å²) in [6.07, 6.45) is 7.80. The average molecular weight is 685 g/mol. The largest absolute Gasteiger partial charge is 1.00 e. The maximum atomic E-state index is 12.8. The Bertz CT molecular complexity index is 1800. The first-order chi connectivity index (χ1) is 18.3. The normalized spacial score (nSPS) is 14.6. The summed E-state index contributed by atoms with van der Waals surface area (Å²) in [5.41, 5.74) is 2.00. The third kappa shape index (κ3) is 9.77. The number of aryl methyl sites for hydroxylation is 1. The van der Waals surface area contributed by atoms with Crippen molar-refractivity contribution in [1.29, 1.82) is 0 Å². The Morgan fingerprint density at radius 3 is 1.76 bits per heavy atom. The number of hydrogen-bond donors (Lipinski definition) is 0.